The Morgan fingerprint density at radius 1 is 0.844 bits per heavy atom. The third kappa shape index (κ3) is 2.88. The van der Waals surface area contributed by atoms with Crippen molar-refractivity contribution in [3.63, 3.8) is 0 Å². The van der Waals surface area contributed by atoms with Crippen molar-refractivity contribution in [2.45, 2.75) is 17.9 Å². The van der Waals surface area contributed by atoms with Crippen LogP contribution in [0, 0.1) is 5.82 Å². The Kier molecular flexibility index (Phi) is 4.67. The molecule has 6 nitrogen and oxygen atoms in total. The van der Waals surface area contributed by atoms with Crippen molar-refractivity contribution in [1.82, 2.24) is 4.90 Å². The van der Waals surface area contributed by atoms with Gasteiger partial charge in [-0.25, -0.2) is 8.70 Å². The number of nitrogens with zero attached hydrogens (tertiary/aromatic N) is 2. The lowest BCUT2D eigenvalue weighted by atomic mass is 10.1. The van der Waals surface area contributed by atoms with E-state index in [1.54, 1.807) is 73.7 Å². The minimum atomic E-state index is -3.85. The van der Waals surface area contributed by atoms with Gasteiger partial charge < -0.3 is 0 Å². The number of carbonyl (C=O) groups excluding carboxylic acids is 2. The maximum absolute atomic E-state index is 14.7. The minimum Gasteiger partial charge on any atom is -0.277 e. The molecule has 0 spiro atoms. The van der Waals surface area contributed by atoms with E-state index >= 15 is 0 Å². The van der Waals surface area contributed by atoms with E-state index in [9.17, 15) is 23.1 Å². The van der Waals surface area contributed by atoms with Gasteiger partial charge in [0.15, 0.2) is 0 Å². The van der Waals surface area contributed by atoms with Gasteiger partial charge in [-0.1, -0.05) is 53.2 Å². The molecular formula is C24H19FN2O4S. The zero-order valence-corrected chi connectivity index (χ0v) is 17.8. The quantitative estimate of drug-likeness (QED) is 0.523. The number of rotatable bonds is 3. The van der Waals surface area contributed by atoms with Crippen LogP contribution in [0.15, 0.2) is 83.4 Å². The molecule has 2 heterocycles. The molecule has 5 rings (SSSR count). The van der Waals surface area contributed by atoms with E-state index in [0.717, 1.165) is 4.90 Å². The highest BCUT2D eigenvalue weighted by Crippen LogP contribution is 2.61. The van der Waals surface area contributed by atoms with Gasteiger partial charge in [-0.15, -0.1) is 0 Å². The number of anilines is 1. The van der Waals surface area contributed by atoms with Crippen LogP contribution in [-0.2, 0) is 0 Å². The van der Waals surface area contributed by atoms with Gasteiger partial charge in [0.1, 0.15) is 10.7 Å². The summed E-state index contributed by atoms with van der Waals surface area (Å²) >= 11 is 0. The van der Waals surface area contributed by atoms with Crippen molar-refractivity contribution in [3.8, 4) is 0 Å². The molecule has 2 amide bonds. The Labute approximate surface area is 185 Å². The van der Waals surface area contributed by atoms with Gasteiger partial charge >= 0.3 is 0 Å². The summed E-state index contributed by atoms with van der Waals surface area (Å²) in [6.45, 7) is 1.64. The van der Waals surface area contributed by atoms with E-state index in [2.05, 4.69) is 0 Å². The number of fused-ring (bicyclic) bond motifs is 2. The van der Waals surface area contributed by atoms with E-state index in [4.69, 9.17) is 0 Å². The zero-order chi connectivity index (χ0) is 22.6. The van der Waals surface area contributed by atoms with Gasteiger partial charge in [0.25, 0.3) is 11.8 Å². The maximum Gasteiger partial charge on any atom is 0.262 e. The number of imide groups is 1. The molecule has 0 radical (unpaired) electrons. The lowest BCUT2D eigenvalue weighted by molar-refractivity contribution is 0.0618. The SMILES string of the molecule is CC(C1=Cc2cccc(F)c2S(O)(O)N1c1ccccc1)N1C(=O)c2ccccc2C1=O. The van der Waals surface area contributed by atoms with E-state index in [-0.39, 0.29) is 10.5 Å². The molecule has 3 aromatic carbocycles. The fourth-order valence-corrected chi connectivity index (χ4v) is 6.10. The predicted octanol–water partition coefficient (Wildman–Crippen LogP) is 5.40. The van der Waals surface area contributed by atoms with Crippen LogP contribution < -0.4 is 4.31 Å². The van der Waals surface area contributed by atoms with Gasteiger partial charge in [-0.05, 0) is 43.3 Å². The molecule has 2 aliphatic rings. The average molecular weight is 450 g/mol. The van der Waals surface area contributed by atoms with Crippen molar-refractivity contribution in [2.75, 3.05) is 4.31 Å². The van der Waals surface area contributed by atoms with Crippen molar-refractivity contribution in [2.24, 2.45) is 0 Å². The first-order valence-corrected chi connectivity index (χ1v) is 11.4. The summed E-state index contributed by atoms with van der Waals surface area (Å²) < 4.78 is 38.5. The number of hydrogen-bond acceptors (Lipinski definition) is 5. The third-order valence-electron chi connectivity index (χ3n) is 5.70. The Bertz CT molecular complexity index is 1260. The zero-order valence-electron chi connectivity index (χ0n) is 17.0. The lowest BCUT2D eigenvalue weighted by Gasteiger charge is -2.50. The van der Waals surface area contributed by atoms with Crippen LogP contribution in [0.1, 0.15) is 33.2 Å². The maximum atomic E-state index is 14.7. The number of para-hydroxylation sites is 1. The molecule has 0 bridgehead atoms. The fraction of sp³-hybridized carbons (Fsp3) is 0.0833. The molecule has 0 aromatic heterocycles. The highest BCUT2D eigenvalue weighted by molar-refractivity contribution is 8.25. The molecule has 0 saturated heterocycles. The van der Waals surface area contributed by atoms with Gasteiger partial charge in [-0.2, -0.15) is 0 Å². The van der Waals surface area contributed by atoms with Gasteiger partial charge in [0, 0.05) is 5.56 Å². The molecule has 0 aliphatic carbocycles. The van der Waals surface area contributed by atoms with Crippen molar-refractivity contribution >= 4 is 34.4 Å². The van der Waals surface area contributed by atoms with E-state index in [0.29, 0.717) is 22.5 Å². The number of amides is 2. The monoisotopic (exact) mass is 450 g/mol. The Morgan fingerprint density at radius 2 is 1.44 bits per heavy atom. The van der Waals surface area contributed by atoms with Crippen molar-refractivity contribution in [1.29, 1.82) is 0 Å². The first-order chi connectivity index (χ1) is 15.3. The molecule has 2 aliphatic heterocycles. The molecular weight excluding hydrogens is 431 g/mol. The molecule has 3 aromatic rings. The van der Waals surface area contributed by atoms with Crippen LogP contribution in [0.25, 0.3) is 6.08 Å². The summed E-state index contributed by atoms with van der Waals surface area (Å²) in [5.41, 5.74) is 1.57. The Balaban J connectivity index is 1.69. The lowest BCUT2D eigenvalue weighted by Crippen LogP contribution is -2.45. The molecule has 0 fully saturated rings. The summed E-state index contributed by atoms with van der Waals surface area (Å²) in [6.07, 6.45) is 1.59. The summed E-state index contributed by atoms with van der Waals surface area (Å²) in [6, 6.07) is 18.4. The van der Waals surface area contributed by atoms with Crippen LogP contribution in [0.5, 0.6) is 0 Å². The first-order valence-electron chi connectivity index (χ1n) is 9.93. The molecule has 32 heavy (non-hydrogen) atoms. The topological polar surface area (TPSA) is 81.1 Å². The second kappa shape index (κ2) is 7.30. The third-order valence-corrected chi connectivity index (χ3v) is 7.60. The summed E-state index contributed by atoms with van der Waals surface area (Å²) in [7, 11) is -3.85. The standard InChI is InChI=1S/C24H19FN2O4S/c1-15(26-23(28)18-11-5-6-12-19(18)24(26)29)21-14-16-8-7-13-20(25)22(16)32(30,31)27(21)17-9-3-2-4-10-17/h2-15,30-31H,1H3. The average Bonchev–Trinajstić information content (AvgIpc) is 3.03. The molecule has 1 atom stereocenters. The Morgan fingerprint density at radius 3 is 2.06 bits per heavy atom. The van der Waals surface area contributed by atoms with E-state index in [1.165, 1.54) is 16.4 Å². The normalized spacial score (nSPS) is 18.7. The van der Waals surface area contributed by atoms with E-state index in [1.807, 2.05) is 0 Å². The van der Waals surface area contributed by atoms with Crippen LogP contribution in [0.2, 0.25) is 0 Å². The minimum absolute atomic E-state index is 0.220. The smallest absolute Gasteiger partial charge is 0.262 e. The fourth-order valence-electron chi connectivity index (χ4n) is 4.23. The Hall–Kier alpha value is -3.46. The highest BCUT2D eigenvalue weighted by atomic mass is 32.3. The highest BCUT2D eigenvalue weighted by Gasteiger charge is 2.44. The van der Waals surface area contributed by atoms with Gasteiger partial charge in [0.2, 0.25) is 0 Å². The van der Waals surface area contributed by atoms with Crippen LogP contribution in [-0.4, -0.2) is 31.9 Å². The second-order valence-electron chi connectivity index (χ2n) is 7.58. The van der Waals surface area contributed by atoms with Crippen LogP contribution in [0.3, 0.4) is 0 Å². The van der Waals surface area contributed by atoms with Crippen molar-refractivity contribution < 1.29 is 23.1 Å². The second-order valence-corrected chi connectivity index (χ2v) is 9.39. The summed E-state index contributed by atoms with van der Waals surface area (Å²) in [4.78, 5) is 27.0. The number of benzene rings is 3. The molecule has 162 valence electrons. The predicted molar refractivity (Wildman–Crippen MR) is 121 cm³/mol. The largest absolute Gasteiger partial charge is 0.277 e. The van der Waals surface area contributed by atoms with Gasteiger partial charge in [0.05, 0.1) is 28.6 Å². The molecule has 8 heteroatoms. The number of hydrogen-bond donors (Lipinski definition) is 2. The number of halogens is 1. The molecule has 1 unspecified atom stereocenters. The number of carbonyl (C=O) groups is 2. The van der Waals surface area contributed by atoms with Crippen LogP contribution in [0.4, 0.5) is 10.1 Å². The first kappa shape index (κ1) is 20.4. The van der Waals surface area contributed by atoms with E-state index < -0.39 is 34.4 Å². The van der Waals surface area contributed by atoms with Gasteiger partial charge in [-0.3, -0.25) is 23.6 Å². The molecule has 2 N–H and O–H groups in total. The van der Waals surface area contributed by atoms with Crippen LogP contribution >= 0.6 is 10.8 Å². The molecule has 0 saturated carbocycles. The summed E-state index contributed by atoms with van der Waals surface area (Å²) in [5.74, 6) is -1.67. The summed E-state index contributed by atoms with van der Waals surface area (Å²) in [5, 5.41) is 0. The van der Waals surface area contributed by atoms with Crippen molar-refractivity contribution in [3.05, 3.63) is 101 Å².